The van der Waals surface area contributed by atoms with E-state index in [0.29, 0.717) is 5.75 Å². The predicted molar refractivity (Wildman–Crippen MR) is 87.1 cm³/mol. The van der Waals surface area contributed by atoms with Crippen molar-refractivity contribution in [3.05, 3.63) is 29.3 Å². The fraction of sp³-hybridized carbons (Fsp3) is 0.529. The molecule has 0 aliphatic carbocycles. The smallest absolute Gasteiger partial charge is 0.394 e. The Morgan fingerprint density at radius 1 is 1.27 bits per heavy atom. The SMILES string of the molecule is Cc1cccc(C)c1OCCNC(=O)N1C[C@@H](C(F)(F)F)[C@H](C(=O)O)C1. The molecule has 2 atom stereocenters. The fourth-order valence-corrected chi connectivity index (χ4v) is 3.00. The highest BCUT2D eigenvalue weighted by molar-refractivity contribution is 5.77. The van der Waals surface area contributed by atoms with Gasteiger partial charge in [0.25, 0.3) is 0 Å². The zero-order valence-electron chi connectivity index (χ0n) is 14.5. The van der Waals surface area contributed by atoms with Crippen molar-refractivity contribution in [1.82, 2.24) is 10.2 Å². The number of ether oxygens (including phenoxy) is 1. The minimum absolute atomic E-state index is 0.0948. The number of amides is 2. The van der Waals surface area contributed by atoms with Crippen LogP contribution in [0.15, 0.2) is 18.2 Å². The first kappa shape index (κ1) is 19.9. The number of carboxylic acid groups (broad SMARTS) is 1. The van der Waals surface area contributed by atoms with Crippen LogP contribution in [0.25, 0.3) is 0 Å². The zero-order chi connectivity index (χ0) is 19.5. The molecule has 2 rings (SSSR count). The maximum Gasteiger partial charge on any atom is 0.394 e. The van der Waals surface area contributed by atoms with Crippen molar-refractivity contribution < 1.29 is 32.6 Å². The van der Waals surface area contributed by atoms with Crippen molar-refractivity contribution >= 4 is 12.0 Å². The van der Waals surface area contributed by atoms with Crippen LogP contribution in [0.5, 0.6) is 5.75 Å². The molecule has 9 heteroatoms. The normalized spacial score (nSPS) is 20.1. The monoisotopic (exact) mass is 374 g/mol. The first-order valence-electron chi connectivity index (χ1n) is 8.12. The number of halogens is 3. The van der Waals surface area contributed by atoms with Crippen molar-refractivity contribution in [2.75, 3.05) is 26.2 Å². The second-order valence-electron chi connectivity index (χ2n) is 6.30. The molecule has 0 aromatic heterocycles. The zero-order valence-corrected chi connectivity index (χ0v) is 14.5. The van der Waals surface area contributed by atoms with Gasteiger partial charge in [-0.15, -0.1) is 0 Å². The minimum atomic E-state index is -4.66. The quantitative estimate of drug-likeness (QED) is 0.777. The topological polar surface area (TPSA) is 78.9 Å². The van der Waals surface area contributed by atoms with Gasteiger partial charge in [0, 0.05) is 13.1 Å². The number of para-hydroxylation sites is 1. The number of aryl methyl sites for hydroxylation is 2. The van der Waals surface area contributed by atoms with E-state index in [-0.39, 0.29) is 13.2 Å². The summed E-state index contributed by atoms with van der Waals surface area (Å²) in [7, 11) is 0. The summed E-state index contributed by atoms with van der Waals surface area (Å²) in [4.78, 5) is 23.9. The van der Waals surface area contributed by atoms with Gasteiger partial charge in [0.15, 0.2) is 0 Å². The number of nitrogens with zero attached hydrogens (tertiary/aromatic N) is 1. The van der Waals surface area contributed by atoms with Gasteiger partial charge in [-0.3, -0.25) is 4.79 Å². The number of benzene rings is 1. The highest BCUT2D eigenvalue weighted by Crippen LogP contribution is 2.37. The molecule has 2 N–H and O–H groups in total. The molecule has 1 aliphatic heterocycles. The van der Waals surface area contributed by atoms with Gasteiger partial charge >= 0.3 is 18.2 Å². The molecule has 0 unspecified atom stereocenters. The Morgan fingerprint density at radius 3 is 2.38 bits per heavy atom. The molecule has 1 aliphatic rings. The number of hydrogen-bond acceptors (Lipinski definition) is 3. The van der Waals surface area contributed by atoms with Gasteiger partial charge in [0.1, 0.15) is 12.4 Å². The Hall–Kier alpha value is -2.45. The molecule has 1 saturated heterocycles. The van der Waals surface area contributed by atoms with E-state index in [1.54, 1.807) is 0 Å². The molecule has 0 saturated carbocycles. The summed E-state index contributed by atoms with van der Waals surface area (Å²) in [5.41, 5.74) is 1.88. The van der Waals surface area contributed by atoms with Crippen LogP contribution in [0, 0.1) is 25.7 Å². The number of carbonyl (C=O) groups excluding carboxylic acids is 1. The second-order valence-corrected chi connectivity index (χ2v) is 6.30. The summed E-state index contributed by atoms with van der Waals surface area (Å²) >= 11 is 0. The van der Waals surface area contributed by atoms with Crippen molar-refractivity contribution in [2.45, 2.75) is 20.0 Å². The maximum atomic E-state index is 12.9. The Kier molecular flexibility index (Phi) is 5.99. The number of carboxylic acids is 1. The minimum Gasteiger partial charge on any atom is -0.491 e. The van der Waals surface area contributed by atoms with Crippen LogP contribution in [0.4, 0.5) is 18.0 Å². The second kappa shape index (κ2) is 7.84. The summed E-state index contributed by atoms with van der Waals surface area (Å²) in [6, 6.07) is 4.93. The third kappa shape index (κ3) is 4.59. The van der Waals surface area contributed by atoms with Crippen molar-refractivity contribution in [3.63, 3.8) is 0 Å². The highest BCUT2D eigenvalue weighted by Gasteiger charge is 2.53. The average Bonchev–Trinajstić information content (AvgIpc) is 2.99. The largest absolute Gasteiger partial charge is 0.491 e. The molecule has 144 valence electrons. The molecule has 1 aromatic carbocycles. The summed E-state index contributed by atoms with van der Waals surface area (Å²) in [6.45, 7) is 2.88. The van der Waals surface area contributed by atoms with Gasteiger partial charge in [-0.25, -0.2) is 4.79 Å². The van der Waals surface area contributed by atoms with Crippen LogP contribution < -0.4 is 10.1 Å². The molecule has 1 aromatic rings. The van der Waals surface area contributed by atoms with E-state index in [4.69, 9.17) is 9.84 Å². The molecule has 0 bridgehead atoms. The first-order valence-corrected chi connectivity index (χ1v) is 8.12. The van der Waals surface area contributed by atoms with Crippen LogP contribution in [0.2, 0.25) is 0 Å². The van der Waals surface area contributed by atoms with Crippen molar-refractivity contribution in [3.8, 4) is 5.75 Å². The maximum absolute atomic E-state index is 12.9. The lowest BCUT2D eigenvalue weighted by Gasteiger charge is -2.19. The van der Waals surface area contributed by atoms with E-state index in [9.17, 15) is 22.8 Å². The third-order valence-corrected chi connectivity index (χ3v) is 4.38. The number of hydrogen-bond donors (Lipinski definition) is 2. The molecule has 1 heterocycles. The number of rotatable bonds is 5. The Balaban J connectivity index is 1.86. The molecular formula is C17H21F3N2O4. The molecule has 0 spiro atoms. The molecule has 1 fully saturated rings. The Labute approximate surface area is 148 Å². The summed E-state index contributed by atoms with van der Waals surface area (Å²) < 4.78 is 44.4. The number of likely N-dealkylation sites (tertiary alicyclic amines) is 1. The number of alkyl halides is 3. The van der Waals surface area contributed by atoms with Gasteiger partial charge < -0.3 is 20.1 Å². The highest BCUT2D eigenvalue weighted by atomic mass is 19.4. The van der Waals surface area contributed by atoms with Crippen LogP contribution in [0.1, 0.15) is 11.1 Å². The summed E-state index contributed by atoms with van der Waals surface area (Å²) in [5, 5.41) is 11.4. The van der Waals surface area contributed by atoms with E-state index < -0.39 is 43.1 Å². The number of carbonyl (C=O) groups is 2. The molecule has 26 heavy (non-hydrogen) atoms. The number of aliphatic carboxylic acids is 1. The van der Waals surface area contributed by atoms with Gasteiger partial charge in [-0.1, -0.05) is 18.2 Å². The first-order chi connectivity index (χ1) is 12.1. The van der Waals surface area contributed by atoms with Crippen LogP contribution in [0.3, 0.4) is 0 Å². The molecule has 0 radical (unpaired) electrons. The van der Waals surface area contributed by atoms with Gasteiger partial charge in [0.2, 0.25) is 0 Å². The van der Waals surface area contributed by atoms with Gasteiger partial charge in [-0.05, 0) is 25.0 Å². The Bertz CT molecular complexity index is 658. The lowest BCUT2D eigenvalue weighted by atomic mass is 9.96. The summed E-state index contributed by atoms with van der Waals surface area (Å²) in [5.74, 6) is -4.56. The number of nitrogens with one attached hydrogen (secondary N) is 1. The molecule has 2 amide bonds. The van der Waals surface area contributed by atoms with Gasteiger partial charge in [0.05, 0.1) is 18.4 Å². The van der Waals surface area contributed by atoms with E-state index in [1.807, 2.05) is 32.0 Å². The van der Waals surface area contributed by atoms with Crippen molar-refractivity contribution in [1.29, 1.82) is 0 Å². The van der Waals surface area contributed by atoms with Crippen LogP contribution >= 0.6 is 0 Å². The lowest BCUT2D eigenvalue weighted by Crippen LogP contribution is -2.41. The molecular weight excluding hydrogens is 353 g/mol. The Morgan fingerprint density at radius 2 is 1.88 bits per heavy atom. The van der Waals surface area contributed by atoms with E-state index >= 15 is 0 Å². The average molecular weight is 374 g/mol. The van der Waals surface area contributed by atoms with E-state index in [2.05, 4.69) is 5.32 Å². The summed E-state index contributed by atoms with van der Waals surface area (Å²) in [6.07, 6.45) is -4.66. The predicted octanol–water partition coefficient (Wildman–Crippen LogP) is 2.59. The molecule has 6 nitrogen and oxygen atoms in total. The standard InChI is InChI=1S/C17H21F3N2O4/c1-10-4-3-5-11(2)14(10)26-7-6-21-16(25)22-8-12(15(23)24)13(9-22)17(18,19)20/h3-5,12-13H,6-9H2,1-2H3,(H,21,25)(H,23,24)/t12-,13-/m1/s1. The van der Waals surface area contributed by atoms with E-state index in [1.165, 1.54) is 0 Å². The lowest BCUT2D eigenvalue weighted by molar-refractivity contribution is -0.187. The van der Waals surface area contributed by atoms with E-state index in [0.717, 1.165) is 16.0 Å². The fourth-order valence-electron chi connectivity index (χ4n) is 3.00. The van der Waals surface area contributed by atoms with Crippen molar-refractivity contribution in [2.24, 2.45) is 11.8 Å². The van der Waals surface area contributed by atoms with Gasteiger partial charge in [-0.2, -0.15) is 13.2 Å². The van der Waals surface area contributed by atoms with Crippen LogP contribution in [-0.4, -0.2) is 54.4 Å². The van der Waals surface area contributed by atoms with Crippen LogP contribution in [-0.2, 0) is 4.79 Å². The number of urea groups is 1. The third-order valence-electron chi connectivity index (χ3n) is 4.38.